The highest BCUT2D eigenvalue weighted by Gasteiger charge is 2.27. The first-order valence-corrected chi connectivity index (χ1v) is 10.8. The lowest BCUT2D eigenvalue weighted by atomic mass is 10.1. The number of carbonyl (C=O) groups is 3. The van der Waals surface area contributed by atoms with E-state index in [-0.39, 0.29) is 12.5 Å². The lowest BCUT2D eigenvalue weighted by Crippen LogP contribution is -2.50. The lowest BCUT2D eigenvalue weighted by Gasteiger charge is -2.36. The molecule has 32 heavy (non-hydrogen) atoms. The minimum absolute atomic E-state index is 0.140. The SMILES string of the molecule is CC(C)(C)OC(=O)N[C@@H](Cc1ccc(N2CCN(C(=O)OC(C)(C)C)CC2)cc1)C(=O)O. The van der Waals surface area contributed by atoms with E-state index in [4.69, 9.17) is 9.47 Å². The van der Waals surface area contributed by atoms with Gasteiger partial charge in [0.05, 0.1) is 0 Å². The number of carbonyl (C=O) groups excluding carboxylic acids is 2. The fourth-order valence-electron chi connectivity index (χ4n) is 3.20. The van der Waals surface area contributed by atoms with Gasteiger partial charge in [-0.25, -0.2) is 14.4 Å². The number of amides is 2. The van der Waals surface area contributed by atoms with Gasteiger partial charge < -0.3 is 29.7 Å². The molecule has 178 valence electrons. The Hall–Kier alpha value is -2.97. The van der Waals surface area contributed by atoms with Crippen LogP contribution in [0, 0.1) is 0 Å². The third-order valence-electron chi connectivity index (χ3n) is 4.66. The molecule has 2 N–H and O–H groups in total. The number of nitrogens with one attached hydrogen (secondary N) is 1. The maximum atomic E-state index is 12.2. The van der Waals surface area contributed by atoms with Crippen LogP contribution in [0.1, 0.15) is 47.1 Å². The van der Waals surface area contributed by atoms with Crippen LogP contribution in [0.2, 0.25) is 0 Å². The smallest absolute Gasteiger partial charge is 0.410 e. The number of anilines is 1. The monoisotopic (exact) mass is 449 g/mol. The van der Waals surface area contributed by atoms with Crippen LogP contribution in [-0.4, -0.2) is 71.6 Å². The highest BCUT2D eigenvalue weighted by atomic mass is 16.6. The van der Waals surface area contributed by atoms with Crippen molar-refractivity contribution in [2.45, 2.75) is 65.2 Å². The number of piperazine rings is 1. The predicted molar refractivity (Wildman–Crippen MR) is 121 cm³/mol. The first-order valence-electron chi connectivity index (χ1n) is 10.8. The van der Waals surface area contributed by atoms with Crippen molar-refractivity contribution < 1.29 is 29.0 Å². The van der Waals surface area contributed by atoms with Crippen LogP contribution < -0.4 is 10.2 Å². The van der Waals surface area contributed by atoms with Crippen molar-refractivity contribution in [1.29, 1.82) is 0 Å². The van der Waals surface area contributed by atoms with Crippen LogP contribution >= 0.6 is 0 Å². The third-order valence-corrected chi connectivity index (χ3v) is 4.66. The first kappa shape index (κ1) is 25.3. The minimum atomic E-state index is -1.13. The van der Waals surface area contributed by atoms with Crippen molar-refractivity contribution in [2.24, 2.45) is 0 Å². The molecule has 0 saturated carbocycles. The van der Waals surface area contributed by atoms with E-state index in [2.05, 4.69) is 10.2 Å². The topological polar surface area (TPSA) is 108 Å². The average molecular weight is 450 g/mol. The van der Waals surface area contributed by atoms with Gasteiger partial charge in [-0.3, -0.25) is 0 Å². The fraction of sp³-hybridized carbons (Fsp3) is 0.609. The number of aliphatic carboxylic acids is 1. The van der Waals surface area contributed by atoms with Gasteiger partial charge in [0, 0.05) is 38.3 Å². The van der Waals surface area contributed by atoms with Crippen LogP contribution in [-0.2, 0) is 20.7 Å². The Morgan fingerprint density at radius 1 is 0.938 bits per heavy atom. The second-order valence-electron chi connectivity index (χ2n) is 9.86. The third kappa shape index (κ3) is 8.28. The highest BCUT2D eigenvalue weighted by molar-refractivity contribution is 5.80. The van der Waals surface area contributed by atoms with Crippen molar-refractivity contribution in [1.82, 2.24) is 10.2 Å². The van der Waals surface area contributed by atoms with E-state index in [0.717, 1.165) is 11.3 Å². The number of ether oxygens (including phenoxy) is 2. The molecule has 0 aromatic heterocycles. The summed E-state index contributed by atoms with van der Waals surface area (Å²) in [7, 11) is 0. The molecule has 2 rings (SSSR count). The van der Waals surface area contributed by atoms with Gasteiger partial charge in [0.1, 0.15) is 17.2 Å². The van der Waals surface area contributed by atoms with E-state index >= 15 is 0 Å². The summed E-state index contributed by atoms with van der Waals surface area (Å²) in [4.78, 5) is 39.6. The van der Waals surface area contributed by atoms with Gasteiger partial charge in [0.15, 0.2) is 0 Å². The zero-order valence-corrected chi connectivity index (χ0v) is 19.8. The summed E-state index contributed by atoms with van der Waals surface area (Å²) >= 11 is 0. The first-order chi connectivity index (χ1) is 14.7. The molecule has 1 saturated heterocycles. The number of carboxylic acid groups (broad SMARTS) is 1. The molecular formula is C23H35N3O6. The molecule has 0 bridgehead atoms. The van der Waals surface area contributed by atoms with E-state index in [9.17, 15) is 19.5 Å². The molecular weight excluding hydrogens is 414 g/mol. The standard InChI is InChI=1S/C23H35N3O6/c1-22(2,3)31-20(29)24-18(19(27)28)15-16-7-9-17(10-8-16)25-11-13-26(14-12-25)21(30)32-23(4,5)6/h7-10,18H,11-15H2,1-6H3,(H,24,29)(H,27,28)/t18-/m0/s1. The van der Waals surface area contributed by atoms with Crippen LogP contribution in [0.4, 0.5) is 15.3 Å². The normalized spacial score (nSPS) is 15.7. The average Bonchev–Trinajstić information content (AvgIpc) is 2.65. The second kappa shape index (κ2) is 10.1. The Morgan fingerprint density at radius 3 is 1.94 bits per heavy atom. The summed E-state index contributed by atoms with van der Waals surface area (Å²) in [5.41, 5.74) is 0.549. The zero-order chi connectivity index (χ0) is 24.1. The molecule has 2 amide bonds. The molecule has 1 aliphatic rings. The van der Waals surface area contributed by atoms with Crippen molar-refractivity contribution in [3.63, 3.8) is 0 Å². The van der Waals surface area contributed by atoms with Gasteiger partial charge in [-0.1, -0.05) is 12.1 Å². The number of hydrogen-bond donors (Lipinski definition) is 2. The highest BCUT2D eigenvalue weighted by Crippen LogP contribution is 2.19. The summed E-state index contributed by atoms with van der Waals surface area (Å²) in [6.07, 6.45) is -0.921. The van der Waals surface area contributed by atoms with Crippen molar-refractivity contribution in [2.75, 3.05) is 31.1 Å². The van der Waals surface area contributed by atoms with Gasteiger partial charge in [-0.15, -0.1) is 0 Å². The minimum Gasteiger partial charge on any atom is -0.480 e. The number of rotatable bonds is 5. The molecule has 9 heteroatoms. The quantitative estimate of drug-likeness (QED) is 0.710. The van der Waals surface area contributed by atoms with E-state index < -0.39 is 29.3 Å². The summed E-state index contributed by atoms with van der Waals surface area (Å²) < 4.78 is 10.6. The molecule has 1 heterocycles. The molecule has 1 fully saturated rings. The molecule has 0 spiro atoms. The van der Waals surface area contributed by atoms with E-state index in [1.54, 1.807) is 25.7 Å². The van der Waals surface area contributed by atoms with Crippen LogP contribution in [0.3, 0.4) is 0 Å². The number of benzene rings is 1. The fourth-order valence-corrected chi connectivity index (χ4v) is 3.20. The van der Waals surface area contributed by atoms with E-state index in [1.165, 1.54) is 0 Å². The Morgan fingerprint density at radius 2 is 1.47 bits per heavy atom. The van der Waals surface area contributed by atoms with Crippen LogP contribution in [0.5, 0.6) is 0 Å². The molecule has 9 nitrogen and oxygen atoms in total. The molecule has 0 unspecified atom stereocenters. The predicted octanol–water partition coefficient (Wildman–Crippen LogP) is 3.26. The Balaban J connectivity index is 1.92. The van der Waals surface area contributed by atoms with Gasteiger partial charge in [0.25, 0.3) is 0 Å². The van der Waals surface area contributed by atoms with Crippen LogP contribution in [0.25, 0.3) is 0 Å². The number of nitrogens with zero attached hydrogens (tertiary/aromatic N) is 2. The number of alkyl carbamates (subject to hydrolysis) is 1. The Labute approximate surface area is 189 Å². The summed E-state index contributed by atoms with van der Waals surface area (Å²) in [5.74, 6) is -1.13. The molecule has 1 aliphatic heterocycles. The second-order valence-corrected chi connectivity index (χ2v) is 9.86. The largest absolute Gasteiger partial charge is 0.480 e. The molecule has 1 aromatic carbocycles. The van der Waals surface area contributed by atoms with Gasteiger partial charge >= 0.3 is 18.2 Å². The van der Waals surface area contributed by atoms with Gasteiger partial charge in [-0.05, 0) is 59.2 Å². The maximum Gasteiger partial charge on any atom is 0.410 e. The lowest BCUT2D eigenvalue weighted by molar-refractivity contribution is -0.139. The zero-order valence-electron chi connectivity index (χ0n) is 19.8. The number of hydrogen-bond acceptors (Lipinski definition) is 6. The van der Waals surface area contributed by atoms with Crippen molar-refractivity contribution in [3.05, 3.63) is 29.8 Å². The Kier molecular flexibility index (Phi) is 7.98. The van der Waals surface area contributed by atoms with Gasteiger partial charge in [0.2, 0.25) is 0 Å². The molecule has 1 atom stereocenters. The number of carboxylic acids is 1. The van der Waals surface area contributed by atoms with Crippen LogP contribution in [0.15, 0.2) is 24.3 Å². The van der Waals surface area contributed by atoms with Gasteiger partial charge in [-0.2, -0.15) is 0 Å². The molecule has 1 aromatic rings. The van der Waals surface area contributed by atoms with E-state index in [1.807, 2.05) is 45.0 Å². The maximum absolute atomic E-state index is 12.2. The summed E-state index contributed by atoms with van der Waals surface area (Å²) in [5, 5.41) is 11.9. The summed E-state index contributed by atoms with van der Waals surface area (Å²) in [6.45, 7) is 13.2. The Bertz CT molecular complexity index is 803. The van der Waals surface area contributed by atoms with Crippen molar-refractivity contribution >= 4 is 23.8 Å². The molecule has 0 aliphatic carbocycles. The van der Waals surface area contributed by atoms with Crippen molar-refractivity contribution in [3.8, 4) is 0 Å². The molecule has 0 radical (unpaired) electrons. The summed E-state index contributed by atoms with van der Waals surface area (Å²) in [6, 6.07) is 6.45. The van der Waals surface area contributed by atoms with E-state index in [0.29, 0.717) is 26.2 Å².